The molecule has 3 heteroatoms. The van der Waals surface area contributed by atoms with Crippen molar-refractivity contribution in [2.75, 3.05) is 13.2 Å². The fourth-order valence-electron chi connectivity index (χ4n) is 3.37. The highest BCUT2D eigenvalue weighted by atomic mass is 16.5. The first-order chi connectivity index (χ1) is 10.4. The summed E-state index contributed by atoms with van der Waals surface area (Å²) in [5.41, 5.74) is 2.89. The SMILES string of the molecule is N#CCCCC1=CC2COCC(C1)N2Cc1ccccc1. The van der Waals surface area contributed by atoms with Gasteiger partial charge >= 0.3 is 0 Å². The molecule has 0 radical (unpaired) electrons. The zero-order valence-electron chi connectivity index (χ0n) is 12.4. The van der Waals surface area contributed by atoms with Crippen molar-refractivity contribution < 1.29 is 4.74 Å². The normalized spacial score (nSPS) is 25.2. The Labute approximate surface area is 126 Å². The molecule has 2 atom stereocenters. The summed E-state index contributed by atoms with van der Waals surface area (Å²) in [7, 11) is 0. The van der Waals surface area contributed by atoms with Crippen molar-refractivity contribution in [3.8, 4) is 6.07 Å². The first-order valence-electron chi connectivity index (χ1n) is 7.81. The van der Waals surface area contributed by atoms with Crippen molar-refractivity contribution in [3.05, 3.63) is 47.5 Å². The van der Waals surface area contributed by atoms with Gasteiger partial charge in [-0.15, -0.1) is 0 Å². The Morgan fingerprint density at radius 1 is 1.24 bits per heavy atom. The molecule has 2 bridgehead atoms. The molecule has 2 unspecified atom stereocenters. The van der Waals surface area contributed by atoms with Crippen LogP contribution in [0.4, 0.5) is 0 Å². The zero-order chi connectivity index (χ0) is 14.5. The smallest absolute Gasteiger partial charge is 0.0658 e. The molecular weight excluding hydrogens is 260 g/mol. The fraction of sp³-hybridized carbons (Fsp3) is 0.500. The zero-order valence-corrected chi connectivity index (χ0v) is 12.4. The Hall–Kier alpha value is -1.63. The number of nitrogens with zero attached hydrogens (tertiary/aromatic N) is 2. The quantitative estimate of drug-likeness (QED) is 0.614. The number of hydrogen-bond acceptors (Lipinski definition) is 3. The van der Waals surface area contributed by atoms with E-state index in [-0.39, 0.29) is 0 Å². The van der Waals surface area contributed by atoms with Crippen LogP contribution in [-0.4, -0.2) is 30.2 Å². The van der Waals surface area contributed by atoms with Gasteiger partial charge in [-0.05, 0) is 24.8 Å². The van der Waals surface area contributed by atoms with Gasteiger partial charge in [-0.2, -0.15) is 5.26 Å². The Bertz CT molecular complexity index is 532. The van der Waals surface area contributed by atoms with E-state index in [0.29, 0.717) is 18.5 Å². The van der Waals surface area contributed by atoms with Crippen molar-refractivity contribution in [1.29, 1.82) is 5.26 Å². The Kier molecular flexibility index (Phi) is 4.69. The molecule has 2 aliphatic heterocycles. The van der Waals surface area contributed by atoms with E-state index in [1.807, 2.05) is 0 Å². The predicted molar refractivity (Wildman–Crippen MR) is 82.5 cm³/mol. The number of nitriles is 1. The third-order valence-electron chi connectivity index (χ3n) is 4.41. The standard InChI is InChI=1S/C18H22N2O/c19-9-5-4-8-16-10-17-13-21-14-18(11-16)20(17)12-15-6-2-1-3-7-15/h1-3,6-7,10,17-18H,4-5,8,11-14H2. The maximum absolute atomic E-state index is 8.67. The first kappa shape index (κ1) is 14.3. The molecule has 2 aliphatic rings. The van der Waals surface area contributed by atoms with Crippen molar-refractivity contribution >= 4 is 0 Å². The van der Waals surface area contributed by atoms with Crippen molar-refractivity contribution in [1.82, 2.24) is 4.90 Å². The van der Waals surface area contributed by atoms with E-state index < -0.39 is 0 Å². The number of fused-ring (bicyclic) bond motifs is 2. The van der Waals surface area contributed by atoms with Gasteiger partial charge in [0.15, 0.2) is 0 Å². The number of morpholine rings is 1. The van der Waals surface area contributed by atoms with Crippen LogP contribution < -0.4 is 0 Å². The maximum atomic E-state index is 8.67. The Balaban J connectivity index is 1.68. The average Bonchev–Trinajstić information content (AvgIpc) is 2.49. The second-order valence-corrected chi connectivity index (χ2v) is 5.96. The van der Waals surface area contributed by atoms with Crippen LogP contribution in [0.5, 0.6) is 0 Å². The van der Waals surface area contributed by atoms with Crippen LogP contribution in [0.15, 0.2) is 42.0 Å². The summed E-state index contributed by atoms with van der Waals surface area (Å²) >= 11 is 0. The molecule has 0 amide bonds. The highest BCUT2D eigenvalue weighted by molar-refractivity contribution is 5.20. The average molecular weight is 282 g/mol. The molecule has 110 valence electrons. The highest BCUT2D eigenvalue weighted by Crippen LogP contribution is 2.30. The van der Waals surface area contributed by atoms with Gasteiger partial charge in [-0.1, -0.05) is 42.0 Å². The second kappa shape index (κ2) is 6.89. The van der Waals surface area contributed by atoms with Gasteiger partial charge in [0.2, 0.25) is 0 Å². The topological polar surface area (TPSA) is 36.3 Å². The largest absolute Gasteiger partial charge is 0.378 e. The van der Waals surface area contributed by atoms with Gasteiger partial charge in [0.1, 0.15) is 0 Å². The van der Waals surface area contributed by atoms with E-state index in [2.05, 4.69) is 47.4 Å². The van der Waals surface area contributed by atoms with Gasteiger partial charge in [-0.25, -0.2) is 0 Å². The molecule has 1 fully saturated rings. The second-order valence-electron chi connectivity index (χ2n) is 5.96. The number of hydrogen-bond donors (Lipinski definition) is 0. The van der Waals surface area contributed by atoms with Crippen LogP contribution in [0.1, 0.15) is 31.2 Å². The summed E-state index contributed by atoms with van der Waals surface area (Å²) in [4.78, 5) is 2.58. The molecule has 0 N–H and O–H groups in total. The van der Waals surface area contributed by atoms with Crippen LogP contribution in [0.25, 0.3) is 0 Å². The summed E-state index contributed by atoms with van der Waals surface area (Å²) in [6.45, 7) is 2.63. The summed E-state index contributed by atoms with van der Waals surface area (Å²) < 4.78 is 5.74. The minimum Gasteiger partial charge on any atom is -0.378 e. The Morgan fingerprint density at radius 2 is 2.10 bits per heavy atom. The molecule has 2 heterocycles. The molecule has 1 aromatic rings. The summed E-state index contributed by atoms with van der Waals surface area (Å²) in [5.74, 6) is 0. The highest BCUT2D eigenvalue weighted by Gasteiger charge is 2.34. The third-order valence-corrected chi connectivity index (χ3v) is 4.41. The van der Waals surface area contributed by atoms with E-state index in [1.165, 1.54) is 11.1 Å². The number of benzene rings is 1. The molecule has 3 nitrogen and oxygen atoms in total. The van der Waals surface area contributed by atoms with Gasteiger partial charge in [0.25, 0.3) is 0 Å². The van der Waals surface area contributed by atoms with Crippen molar-refractivity contribution in [3.63, 3.8) is 0 Å². The van der Waals surface area contributed by atoms with E-state index in [1.54, 1.807) is 0 Å². The van der Waals surface area contributed by atoms with Crippen molar-refractivity contribution in [2.24, 2.45) is 0 Å². The van der Waals surface area contributed by atoms with Crippen LogP contribution in [0, 0.1) is 11.3 Å². The molecule has 3 rings (SSSR count). The van der Waals surface area contributed by atoms with E-state index in [9.17, 15) is 0 Å². The van der Waals surface area contributed by atoms with Crippen LogP contribution in [0.2, 0.25) is 0 Å². The summed E-state index contributed by atoms with van der Waals surface area (Å²) in [5, 5.41) is 8.67. The number of unbranched alkanes of at least 4 members (excludes halogenated alkanes) is 1. The number of rotatable bonds is 5. The Morgan fingerprint density at radius 3 is 2.86 bits per heavy atom. The van der Waals surface area contributed by atoms with E-state index >= 15 is 0 Å². The molecule has 0 saturated carbocycles. The van der Waals surface area contributed by atoms with Crippen molar-refractivity contribution in [2.45, 2.75) is 44.3 Å². The van der Waals surface area contributed by atoms with Gasteiger partial charge < -0.3 is 4.74 Å². The lowest BCUT2D eigenvalue weighted by Gasteiger charge is -2.44. The molecular formula is C18H22N2O. The minimum absolute atomic E-state index is 0.398. The summed E-state index contributed by atoms with van der Waals surface area (Å²) in [6.07, 6.45) is 6.20. The third kappa shape index (κ3) is 3.53. The first-order valence-corrected chi connectivity index (χ1v) is 7.81. The molecule has 1 aromatic carbocycles. The van der Waals surface area contributed by atoms with Gasteiger partial charge in [0, 0.05) is 19.0 Å². The lowest BCUT2D eigenvalue weighted by Crippen LogP contribution is -2.53. The maximum Gasteiger partial charge on any atom is 0.0658 e. The monoisotopic (exact) mass is 282 g/mol. The lowest BCUT2D eigenvalue weighted by atomic mass is 9.90. The fourth-order valence-corrected chi connectivity index (χ4v) is 3.37. The summed E-state index contributed by atoms with van der Waals surface area (Å²) in [6, 6.07) is 13.8. The lowest BCUT2D eigenvalue weighted by molar-refractivity contribution is -0.0442. The molecule has 0 spiro atoms. The van der Waals surface area contributed by atoms with Gasteiger partial charge in [-0.3, -0.25) is 4.90 Å². The van der Waals surface area contributed by atoms with Gasteiger partial charge in [0.05, 0.1) is 25.3 Å². The number of ether oxygens (including phenoxy) is 1. The molecule has 1 saturated heterocycles. The molecule has 0 aromatic heterocycles. The predicted octanol–water partition coefficient (Wildman–Crippen LogP) is 3.28. The van der Waals surface area contributed by atoms with Crippen LogP contribution >= 0.6 is 0 Å². The van der Waals surface area contributed by atoms with Crippen LogP contribution in [0.3, 0.4) is 0 Å². The minimum atomic E-state index is 0.398. The molecule has 0 aliphatic carbocycles. The molecule has 21 heavy (non-hydrogen) atoms. The van der Waals surface area contributed by atoms with E-state index in [0.717, 1.165) is 39.0 Å². The van der Waals surface area contributed by atoms with E-state index in [4.69, 9.17) is 10.00 Å². The van der Waals surface area contributed by atoms with Crippen LogP contribution in [-0.2, 0) is 11.3 Å².